The highest BCUT2D eigenvalue weighted by Gasteiger charge is 2.38. The van der Waals surface area contributed by atoms with Crippen molar-refractivity contribution in [1.82, 2.24) is 0 Å². The molecule has 0 amide bonds. The molecule has 4 nitrogen and oxygen atoms in total. The maximum Gasteiger partial charge on any atom is 0.419 e. The molecule has 0 aliphatic rings. The summed E-state index contributed by atoms with van der Waals surface area (Å²) in [4.78, 5) is 23.3. The van der Waals surface area contributed by atoms with Crippen molar-refractivity contribution in [2.75, 3.05) is 0 Å². The second-order valence-corrected chi connectivity index (χ2v) is 7.29. The molecule has 2 aromatic rings. The standard InChI is InChI=1S/C20H16BrF3O4/c1-19(2,18(26)27)28-17-10-4-12(11-15(17)20(22,23)24)3-9-16(25)13-5-7-14(21)8-6-13/h3-11H,1-2H3,(H,26,27). The van der Waals surface area contributed by atoms with Crippen LogP contribution in [0.2, 0.25) is 0 Å². The number of ketones is 1. The van der Waals surface area contributed by atoms with Gasteiger partial charge < -0.3 is 9.84 Å². The summed E-state index contributed by atoms with van der Waals surface area (Å²) in [6.45, 7) is 2.31. The van der Waals surface area contributed by atoms with Gasteiger partial charge in [-0.3, -0.25) is 4.79 Å². The number of hydrogen-bond donors (Lipinski definition) is 1. The van der Waals surface area contributed by atoms with Gasteiger partial charge in [-0.1, -0.05) is 28.1 Å². The van der Waals surface area contributed by atoms with Crippen LogP contribution in [0.15, 0.2) is 53.0 Å². The fraction of sp³-hybridized carbons (Fsp3) is 0.200. The molecule has 0 aliphatic heterocycles. The van der Waals surface area contributed by atoms with Crippen molar-refractivity contribution in [3.8, 4) is 5.75 Å². The highest BCUT2D eigenvalue weighted by atomic mass is 79.9. The summed E-state index contributed by atoms with van der Waals surface area (Å²) in [5, 5.41) is 9.06. The van der Waals surface area contributed by atoms with Gasteiger partial charge in [-0.2, -0.15) is 13.2 Å². The van der Waals surface area contributed by atoms with Crippen LogP contribution in [0.5, 0.6) is 5.75 Å². The number of carbonyl (C=O) groups is 2. The zero-order chi connectivity index (χ0) is 21.1. The van der Waals surface area contributed by atoms with Crippen molar-refractivity contribution < 1.29 is 32.6 Å². The van der Waals surface area contributed by atoms with Crippen LogP contribution in [0, 0.1) is 0 Å². The second kappa shape index (κ2) is 8.18. The Bertz CT molecular complexity index is 916. The summed E-state index contributed by atoms with van der Waals surface area (Å²) in [5.74, 6) is -2.37. The van der Waals surface area contributed by atoms with Crippen LogP contribution in [0.4, 0.5) is 13.2 Å². The van der Waals surface area contributed by atoms with Gasteiger partial charge in [-0.05, 0) is 61.9 Å². The molecule has 0 saturated carbocycles. The van der Waals surface area contributed by atoms with Crippen molar-refractivity contribution in [2.24, 2.45) is 0 Å². The first-order chi connectivity index (χ1) is 12.9. The average molecular weight is 457 g/mol. The largest absolute Gasteiger partial charge is 0.478 e. The number of carbonyl (C=O) groups excluding carboxylic acids is 1. The molecule has 0 aromatic heterocycles. The normalized spacial score (nSPS) is 12.2. The van der Waals surface area contributed by atoms with Crippen molar-refractivity contribution >= 4 is 33.8 Å². The van der Waals surface area contributed by atoms with Crippen LogP contribution in [0.3, 0.4) is 0 Å². The molecule has 0 unspecified atom stereocenters. The number of carboxylic acid groups (broad SMARTS) is 1. The van der Waals surface area contributed by atoms with Gasteiger partial charge >= 0.3 is 12.1 Å². The van der Waals surface area contributed by atoms with Crippen LogP contribution >= 0.6 is 15.9 Å². The Kier molecular flexibility index (Phi) is 6.34. The van der Waals surface area contributed by atoms with Crippen LogP contribution in [0.25, 0.3) is 6.08 Å². The Labute approximate surface area is 167 Å². The molecule has 2 rings (SSSR count). The molecule has 28 heavy (non-hydrogen) atoms. The molecule has 0 fully saturated rings. The molecule has 0 aliphatic carbocycles. The van der Waals surface area contributed by atoms with Gasteiger partial charge in [-0.15, -0.1) is 0 Å². The van der Waals surface area contributed by atoms with E-state index in [0.29, 0.717) is 5.56 Å². The smallest absolute Gasteiger partial charge is 0.419 e. The van der Waals surface area contributed by atoms with Crippen molar-refractivity contribution in [3.05, 3.63) is 69.7 Å². The van der Waals surface area contributed by atoms with E-state index in [0.717, 1.165) is 30.5 Å². The minimum atomic E-state index is -4.76. The molecule has 0 bridgehead atoms. The van der Waals surface area contributed by atoms with Gasteiger partial charge in [0.2, 0.25) is 0 Å². The van der Waals surface area contributed by atoms with E-state index in [-0.39, 0.29) is 11.3 Å². The van der Waals surface area contributed by atoms with E-state index in [1.807, 2.05) is 0 Å². The molecule has 8 heteroatoms. The summed E-state index contributed by atoms with van der Waals surface area (Å²) in [6.07, 6.45) is -2.34. The molecular weight excluding hydrogens is 441 g/mol. The van der Waals surface area contributed by atoms with Crippen molar-refractivity contribution in [2.45, 2.75) is 25.6 Å². The number of carboxylic acids is 1. The van der Waals surface area contributed by atoms with Gasteiger partial charge in [0.25, 0.3) is 0 Å². The molecule has 0 radical (unpaired) electrons. The van der Waals surface area contributed by atoms with E-state index in [1.54, 1.807) is 24.3 Å². The first kappa shape index (κ1) is 21.7. The van der Waals surface area contributed by atoms with Gasteiger partial charge in [0.1, 0.15) is 5.75 Å². The topological polar surface area (TPSA) is 63.6 Å². The second-order valence-electron chi connectivity index (χ2n) is 6.38. The SMILES string of the molecule is CC(C)(Oc1ccc(C=CC(=O)c2ccc(Br)cc2)cc1C(F)(F)F)C(=O)O. The summed E-state index contributed by atoms with van der Waals surface area (Å²) in [5.41, 5.74) is -2.45. The number of hydrogen-bond acceptors (Lipinski definition) is 3. The lowest BCUT2D eigenvalue weighted by Crippen LogP contribution is -2.38. The molecule has 0 heterocycles. The number of rotatable bonds is 6. The van der Waals surface area contributed by atoms with Crippen LogP contribution in [-0.2, 0) is 11.0 Å². The Balaban J connectivity index is 2.32. The first-order valence-corrected chi connectivity index (χ1v) is 8.81. The molecular formula is C20H16BrF3O4. The third-order valence-electron chi connectivity index (χ3n) is 3.75. The predicted octanol–water partition coefficient (Wildman–Crippen LogP) is 5.61. The summed E-state index contributed by atoms with van der Waals surface area (Å²) in [6, 6.07) is 9.69. The average Bonchev–Trinajstić information content (AvgIpc) is 2.59. The maximum atomic E-state index is 13.4. The Morgan fingerprint density at radius 2 is 1.68 bits per heavy atom. The monoisotopic (exact) mass is 456 g/mol. The summed E-state index contributed by atoms with van der Waals surface area (Å²) < 4.78 is 46.0. The van der Waals surface area contributed by atoms with Gasteiger partial charge in [0.05, 0.1) is 5.56 Å². The van der Waals surface area contributed by atoms with E-state index in [1.165, 1.54) is 18.2 Å². The zero-order valence-electron chi connectivity index (χ0n) is 14.9. The zero-order valence-corrected chi connectivity index (χ0v) is 16.5. The number of benzene rings is 2. The summed E-state index contributed by atoms with van der Waals surface area (Å²) in [7, 11) is 0. The number of halogens is 4. The highest BCUT2D eigenvalue weighted by Crippen LogP contribution is 2.38. The number of allylic oxidation sites excluding steroid dienone is 1. The minimum absolute atomic E-state index is 0.123. The molecule has 0 saturated heterocycles. The van der Waals surface area contributed by atoms with E-state index >= 15 is 0 Å². The van der Waals surface area contributed by atoms with Crippen LogP contribution in [-0.4, -0.2) is 22.5 Å². The van der Waals surface area contributed by atoms with E-state index < -0.39 is 29.1 Å². The third-order valence-corrected chi connectivity index (χ3v) is 4.27. The first-order valence-electron chi connectivity index (χ1n) is 8.02. The lowest BCUT2D eigenvalue weighted by atomic mass is 10.1. The lowest BCUT2D eigenvalue weighted by Gasteiger charge is -2.24. The van der Waals surface area contributed by atoms with E-state index in [9.17, 15) is 22.8 Å². The maximum absolute atomic E-state index is 13.4. The number of ether oxygens (including phenoxy) is 1. The van der Waals surface area contributed by atoms with Gasteiger partial charge in [0, 0.05) is 10.0 Å². The molecule has 0 atom stereocenters. The fourth-order valence-electron chi connectivity index (χ4n) is 2.16. The van der Waals surface area contributed by atoms with E-state index in [4.69, 9.17) is 9.84 Å². The molecule has 0 spiro atoms. The molecule has 1 N–H and O–H groups in total. The van der Waals surface area contributed by atoms with Crippen molar-refractivity contribution in [1.29, 1.82) is 0 Å². The summed E-state index contributed by atoms with van der Waals surface area (Å²) >= 11 is 3.25. The van der Waals surface area contributed by atoms with Crippen LogP contribution < -0.4 is 4.74 Å². The fourth-order valence-corrected chi connectivity index (χ4v) is 2.43. The van der Waals surface area contributed by atoms with Crippen molar-refractivity contribution in [3.63, 3.8) is 0 Å². The highest BCUT2D eigenvalue weighted by molar-refractivity contribution is 9.10. The number of aliphatic carboxylic acids is 1. The number of alkyl halides is 3. The third kappa shape index (κ3) is 5.45. The molecule has 148 valence electrons. The Hall–Kier alpha value is -2.61. The van der Waals surface area contributed by atoms with E-state index in [2.05, 4.69) is 15.9 Å². The Morgan fingerprint density at radius 3 is 2.21 bits per heavy atom. The molecule has 2 aromatic carbocycles. The van der Waals surface area contributed by atoms with Crippen LogP contribution in [0.1, 0.15) is 35.3 Å². The minimum Gasteiger partial charge on any atom is -0.478 e. The Morgan fingerprint density at radius 1 is 1.07 bits per heavy atom. The van der Waals surface area contributed by atoms with Gasteiger partial charge in [0.15, 0.2) is 11.4 Å². The van der Waals surface area contributed by atoms with Gasteiger partial charge in [-0.25, -0.2) is 4.79 Å². The predicted molar refractivity (Wildman–Crippen MR) is 101 cm³/mol. The quantitative estimate of drug-likeness (QED) is 0.453. The lowest BCUT2D eigenvalue weighted by molar-refractivity contribution is -0.155.